The van der Waals surface area contributed by atoms with Crippen molar-refractivity contribution in [1.29, 1.82) is 0 Å². The molecule has 0 N–H and O–H groups in total. The van der Waals surface area contributed by atoms with Crippen molar-refractivity contribution >= 4 is 6.29 Å². The van der Waals surface area contributed by atoms with Crippen LogP contribution in [0.5, 0.6) is 0 Å². The van der Waals surface area contributed by atoms with Crippen molar-refractivity contribution in [3.05, 3.63) is 24.3 Å². The van der Waals surface area contributed by atoms with E-state index in [-0.39, 0.29) is 0 Å². The Kier molecular flexibility index (Phi) is 16.4. The second-order valence-electron chi connectivity index (χ2n) is 5.13. The van der Waals surface area contributed by atoms with Gasteiger partial charge in [0.2, 0.25) is 0 Å². The average molecular weight is 263 g/mol. The van der Waals surface area contributed by atoms with Crippen LogP contribution in [0.4, 0.5) is 0 Å². The maximum atomic E-state index is 10.00. The highest BCUT2D eigenvalue weighted by Gasteiger charge is 1.89. The lowest BCUT2D eigenvalue weighted by molar-refractivity contribution is 0.542. The van der Waals surface area contributed by atoms with Crippen molar-refractivity contribution < 1.29 is 4.79 Å². The molecule has 0 aliphatic carbocycles. The molecule has 0 aromatic rings. The normalized spacial score (nSPS) is 11.6. The molecule has 0 atom stereocenters. The maximum Gasteiger partial charge on any atom is 0.198 e. The third-order valence-electron chi connectivity index (χ3n) is 3.23. The zero-order valence-electron chi connectivity index (χ0n) is 12.7. The molecule has 0 aliphatic heterocycles. The quantitative estimate of drug-likeness (QED) is 0.281. The minimum absolute atomic E-state index is 0.616. The number of rotatable bonds is 14. The Hall–Kier alpha value is -0.850. The molecule has 19 heavy (non-hydrogen) atoms. The molecule has 0 aliphatic rings. The van der Waals surface area contributed by atoms with E-state index >= 15 is 0 Å². The summed E-state index contributed by atoms with van der Waals surface area (Å²) in [4.78, 5) is 10.00. The zero-order valence-corrected chi connectivity index (χ0v) is 12.7. The summed E-state index contributed by atoms with van der Waals surface area (Å²) in [7, 11) is 0. The lowest BCUT2D eigenvalue weighted by Gasteiger charge is -1.96. The van der Waals surface area contributed by atoms with Crippen LogP contribution in [0.3, 0.4) is 0 Å². The molecule has 0 heterocycles. The highest BCUT2D eigenvalue weighted by atomic mass is 16.1. The highest BCUT2D eigenvalue weighted by Crippen LogP contribution is 2.07. The van der Waals surface area contributed by atoms with Crippen LogP contribution in [0.2, 0.25) is 0 Å². The van der Waals surface area contributed by atoms with Gasteiger partial charge in [0.25, 0.3) is 0 Å². The Morgan fingerprint density at radius 1 is 0.737 bits per heavy atom. The zero-order chi connectivity index (χ0) is 14.0. The Morgan fingerprint density at radius 2 is 1.32 bits per heavy atom. The molecule has 0 amide bonds. The first-order chi connectivity index (χ1) is 9.41. The first-order valence-corrected chi connectivity index (χ1v) is 8.06. The van der Waals surface area contributed by atoms with Crippen LogP contribution in [0.25, 0.3) is 0 Å². The Labute approximate surface area is 120 Å². The van der Waals surface area contributed by atoms with Crippen LogP contribution < -0.4 is 0 Å². The van der Waals surface area contributed by atoms with Crippen LogP contribution >= 0.6 is 0 Å². The van der Waals surface area contributed by atoms with Crippen LogP contribution in [0.1, 0.15) is 84.0 Å². The molecule has 0 unspecified atom stereocenters. The monoisotopic (exact) mass is 263 g/mol. The van der Waals surface area contributed by atoms with Gasteiger partial charge in [-0.15, -0.1) is 0 Å². The van der Waals surface area contributed by atoms with E-state index in [9.17, 15) is 4.79 Å². The third kappa shape index (κ3) is 17.1. The molecular weight excluding hydrogens is 232 g/mol. The molecule has 0 saturated carbocycles. The summed E-state index contributed by atoms with van der Waals surface area (Å²) >= 11 is 0. The summed E-state index contributed by atoms with van der Waals surface area (Å²) in [5.74, 6) is 0. The standard InChI is InChI=1S/C18H31O/c1-2-3-4-5-6-7-8-9-10-11-12-13-14-15-16-17-18-19/h6-7,9-10H,2-5,8,11-17H2,1H3/b7-6?,10-9-. The van der Waals surface area contributed by atoms with Crippen molar-refractivity contribution in [2.75, 3.05) is 0 Å². The van der Waals surface area contributed by atoms with Gasteiger partial charge in [-0.25, -0.2) is 0 Å². The molecule has 0 rings (SSSR count). The van der Waals surface area contributed by atoms with Crippen molar-refractivity contribution in [1.82, 2.24) is 0 Å². The summed E-state index contributed by atoms with van der Waals surface area (Å²) in [6.45, 7) is 2.24. The van der Waals surface area contributed by atoms with Crippen molar-refractivity contribution in [3.8, 4) is 0 Å². The van der Waals surface area contributed by atoms with Crippen LogP contribution in [-0.2, 0) is 4.79 Å². The van der Waals surface area contributed by atoms with Gasteiger partial charge in [0.05, 0.1) is 0 Å². The van der Waals surface area contributed by atoms with E-state index in [1.807, 2.05) is 6.29 Å². The second-order valence-corrected chi connectivity index (χ2v) is 5.13. The molecule has 0 aromatic heterocycles. The summed E-state index contributed by atoms with van der Waals surface area (Å²) in [6, 6.07) is 0. The predicted octanol–water partition coefficient (Wildman–Crippen LogP) is 5.91. The molecular formula is C18H31O. The van der Waals surface area contributed by atoms with Crippen LogP contribution in [0, 0.1) is 0 Å². The highest BCUT2D eigenvalue weighted by molar-refractivity contribution is 5.50. The molecule has 0 spiro atoms. The maximum absolute atomic E-state index is 10.00. The van der Waals surface area contributed by atoms with Gasteiger partial charge >= 0.3 is 0 Å². The van der Waals surface area contributed by atoms with E-state index in [4.69, 9.17) is 0 Å². The van der Waals surface area contributed by atoms with Gasteiger partial charge in [0.1, 0.15) is 0 Å². The first kappa shape index (κ1) is 18.1. The average Bonchev–Trinajstić information content (AvgIpc) is 2.43. The Morgan fingerprint density at radius 3 is 1.95 bits per heavy atom. The molecule has 1 nitrogen and oxygen atoms in total. The van der Waals surface area contributed by atoms with Crippen LogP contribution in [0.15, 0.2) is 24.3 Å². The van der Waals surface area contributed by atoms with Gasteiger partial charge in [-0.2, -0.15) is 0 Å². The fraction of sp³-hybridized carbons (Fsp3) is 0.722. The summed E-state index contributed by atoms with van der Waals surface area (Å²) in [6.07, 6.45) is 25.3. The number of hydrogen-bond acceptors (Lipinski definition) is 1. The van der Waals surface area contributed by atoms with Crippen molar-refractivity contribution in [3.63, 3.8) is 0 Å². The number of unbranched alkanes of at least 4 members (excludes halogenated alkanes) is 9. The molecule has 0 aromatic carbocycles. The first-order valence-electron chi connectivity index (χ1n) is 8.06. The SMILES string of the molecule is CCCCCC=CC/C=C\CCCCCCC[C]=O. The Bertz CT molecular complexity index is 228. The van der Waals surface area contributed by atoms with E-state index in [1.165, 1.54) is 57.8 Å². The third-order valence-corrected chi connectivity index (χ3v) is 3.23. The predicted molar refractivity (Wildman–Crippen MR) is 85.1 cm³/mol. The largest absolute Gasteiger partial charge is 0.291 e. The summed E-state index contributed by atoms with van der Waals surface area (Å²) < 4.78 is 0. The van der Waals surface area contributed by atoms with E-state index < -0.39 is 0 Å². The molecule has 109 valence electrons. The smallest absolute Gasteiger partial charge is 0.198 e. The van der Waals surface area contributed by atoms with Gasteiger partial charge in [-0.05, 0) is 38.5 Å². The minimum Gasteiger partial charge on any atom is -0.291 e. The summed E-state index contributed by atoms with van der Waals surface area (Å²) in [5.41, 5.74) is 0. The van der Waals surface area contributed by atoms with E-state index in [0.717, 1.165) is 12.8 Å². The molecule has 0 bridgehead atoms. The van der Waals surface area contributed by atoms with E-state index in [0.29, 0.717) is 6.42 Å². The molecule has 0 saturated heterocycles. The number of allylic oxidation sites excluding steroid dienone is 4. The van der Waals surface area contributed by atoms with Crippen molar-refractivity contribution in [2.24, 2.45) is 0 Å². The fourth-order valence-electron chi connectivity index (χ4n) is 2.01. The van der Waals surface area contributed by atoms with Crippen molar-refractivity contribution in [2.45, 2.75) is 84.0 Å². The van der Waals surface area contributed by atoms with E-state index in [2.05, 4.69) is 31.2 Å². The van der Waals surface area contributed by atoms with Gasteiger partial charge in [0.15, 0.2) is 6.29 Å². The van der Waals surface area contributed by atoms with Crippen LogP contribution in [-0.4, -0.2) is 6.29 Å². The molecule has 0 fully saturated rings. The molecule has 1 heteroatoms. The van der Waals surface area contributed by atoms with Gasteiger partial charge < -0.3 is 0 Å². The lowest BCUT2D eigenvalue weighted by atomic mass is 10.1. The molecule has 1 radical (unpaired) electrons. The summed E-state index contributed by atoms with van der Waals surface area (Å²) in [5, 5.41) is 0. The van der Waals surface area contributed by atoms with Gasteiger partial charge in [0, 0.05) is 6.42 Å². The number of carbonyl (C=O) groups excluding carboxylic acids is 1. The van der Waals surface area contributed by atoms with E-state index in [1.54, 1.807) is 0 Å². The van der Waals surface area contributed by atoms with Gasteiger partial charge in [-0.3, -0.25) is 4.79 Å². The lowest BCUT2D eigenvalue weighted by Crippen LogP contribution is -1.80. The topological polar surface area (TPSA) is 17.1 Å². The number of hydrogen-bond donors (Lipinski definition) is 0. The van der Waals surface area contributed by atoms with Gasteiger partial charge in [-0.1, -0.05) is 63.3 Å². The Balaban J connectivity index is 3.14. The minimum atomic E-state index is 0.616. The fourth-order valence-corrected chi connectivity index (χ4v) is 2.01. The second kappa shape index (κ2) is 17.2.